The van der Waals surface area contributed by atoms with Crippen molar-refractivity contribution in [2.24, 2.45) is 0 Å². The normalized spacial score (nSPS) is 14.7. The summed E-state index contributed by atoms with van der Waals surface area (Å²) in [5.74, 6) is 0.670. The van der Waals surface area contributed by atoms with E-state index in [0.717, 1.165) is 11.5 Å². The highest BCUT2D eigenvalue weighted by atomic mass is 16.1. The molecule has 0 heterocycles. The maximum Gasteiger partial charge on any atom is 0.243 e. The van der Waals surface area contributed by atoms with Gasteiger partial charge in [-0.15, -0.1) is 0 Å². The highest BCUT2D eigenvalue weighted by Gasteiger charge is 2.22. The Morgan fingerprint density at radius 1 is 1.40 bits per heavy atom. The van der Waals surface area contributed by atoms with Crippen LogP contribution < -0.4 is 5.32 Å². The summed E-state index contributed by atoms with van der Waals surface area (Å²) in [7, 11) is 0. The second-order valence-electron chi connectivity index (χ2n) is 3.94. The zero-order valence-corrected chi connectivity index (χ0v) is 8.70. The van der Waals surface area contributed by atoms with Crippen LogP contribution in [0.3, 0.4) is 0 Å². The van der Waals surface area contributed by atoms with Gasteiger partial charge in [0.1, 0.15) is 0 Å². The van der Waals surface area contributed by atoms with Gasteiger partial charge in [-0.1, -0.05) is 30.8 Å². The van der Waals surface area contributed by atoms with Crippen molar-refractivity contribution in [3.63, 3.8) is 0 Å². The quantitative estimate of drug-likeness (QED) is 0.744. The Balaban J connectivity index is 1.91. The third-order valence-electron chi connectivity index (χ3n) is 2.68. The van der Waals surface area contributed by atoms with E-state index in [4.69, 9.17) is 0 Å². The molecule has 0 aliphatic heterocycles. The number of hydrogen-bond donors (Lipinski definition) is 1. The van der Waals surface area contributed by atoms with E-state index in [1.54, 1.807) is 0 Å². The Hall–Kier alpha value is -1.57. The van der Waals surface area contributed by atoms with Crippen LogP contribution in [0, 0.1) is 0 Å². The first-order chi connectivity index (χ1) is 7.29. The molecule has 1 aliphatic rings. The topological polar surface area (TPSA) is 29.1 Å². The summed E-state index contributed by atoms with van der Waals surface area (Å²) in [6.07, 6.45) is 3.94. The Labute approximate surface area is 90.0 Å². The van der Waals surface area contributed by atoms with Gasteiger partial charge in [-0.2, -0.15) is 0 Å². The lowest BCUT2D eigenvalue weighted by Gasteiger charge is -2.03. The predicted molar refractivity (Wildman–Crippen MR) is 60.5 cm³/mol. The van der Waals surface area contributed by atoms with E-state index < -0.39 is 0 Å². The first kappa shape index (κ1) is 9.97. The van der Waals surface area contributed by atoms with E-state index in [0.29, 0.717) is 6.54 Å². The summed E-state index contributed by atoms with van der Waals surface area (Å²) in [4.78, 5) is 10.9. The van der Waals surface area contributed by atoms with E-state index in [2.05, 4.69) is 36.2 Å². The lowest BCUT2D eigenvalue weighted by atomic mass is 10.1. The summed E-state index contributed by atoms with van der Waals surface area (Å²) in [6.45, 7) is 3.99. The van der Waals surface area contributed by atoms with Crippen LogP contribution in [0.2, 0.25) is 0 Å². The molecule has 2 rings (SSSR count). The largest absolute Gasteiger partial charge is 0.348 e. The van der Waals surface area contributed by atoms with Gasteiger partial charge in [0.15, 0.2) is 0 Å². The summed E-state index contributed by atoms with van der Waals surface area (Å²) >= 11 is 0. The van der Waals surface area contributed by atoms with E-state index in [9.17, 15) is 4.79 Å². The van der Waals surface area contributed by atoms with Crippen molar-refractivity contribution in [2.75, 3.05) is 0 Å². The van der Waals surface area contributed by atoms with Crippen LogP contribution in [0.15, 0.2) is 36.9 Å². The number of amides is 1. The molecule has 15 heavy (non-hydrogen) atoms. The minimum Gasteiger partial charge on any atom is -0.348 e. The molecule has 1 N–H and O–H groups in total. The Morgan fingerprint density at radius 3 is 2.60 bits per heavy atom. The highest BCUT2D eigenvalue weighted by Crippen LogP contribution is 2.39. The lowest BCUT2D eigenvalue weighted by molar-refractivity contribution is -0.116. The zero-order valence-electron chi connectivity index (χ0n) is 8.70. The van der Waals surface area contributed by atoms with Gasteiger partial charge in [0.2, 0.25) is 5.91 Å². The highest BCUT2D eigenvalue weighted by molar-refractivity contribution is 5.86. The maximum atomic E-state index is 10.9. The lowest BCUT2D eigenvalue weighted by Crippen LogP contribution is -2.19. The third kappa shape index (κ3) is 2.69. The number of carbonyl (C=O) groups excluding carboxylic acids is 1. The van der Waals surface area contributed by atoms with Crippen molar-refractivity contribution in [3.8, 4) is 0 Å². The summed E-state index contributed by atoms with van der Waals surface area (Å²) < 4.78 is 0. The number of benzene rings is 1. The van der Waals surface area contributed by atoms with E-state index >= 15 is 0 Å². The second-order valence-corrected chi connectivity index (χ2v) is 3.94. The van der Waals surface area contributed by atoms with Crippen LogP contribution in [-0.4, -0.2) is 5.91 Å². The summed E-state index contributed by atoms with van der Waals surface area (Å²) in [5.41, 5.74) is 2.56. The van der Waals surface area contributed by atoms with Crippen LogP contribution in [0.4, 0.5) is 0 Å². The fraction of sp³-hybridized carbons (Fsp3) is 0.308. The minimum absolute atomic E-state index is 0.124. The Bertz CT molecular complexity index is 363. The molecule has 0 unspecified atom stereocenters. The molecule has 0 radical (unpaired) electrons. The fourth-order valence-corrected chi connectivity index (χ4v) is 1.59. The van der Waals surface area contributed by atoms with Gasteiger partial charge >= 0.3 is 0 Å². The monoisotopic (exact) mass is 201 g/mol. The van der Waals surface area contributed by atoms with Gasteiger partial charge in [-0.05, 0) is 36.0 Å². The van der Waals surface area contributed by atoms with Gasteiger partial charge < -0.3 is 5.32 Å². The molecule has 2 heteroatoms. The van der Waals surface area contributed by atoms with Gasteiger partial charge in [0.25, 0.3) is 0 Å². The average molecular weight is 201 g/mol. The second kappa shape index (κ2) is 4.30. The maximum absolute atomic E-state index is 10.9. The van der Waals surface area contributed by atoms with Crippen LogP contribution >= 0.6 is 0 Å². The van der Waals surface area contributed by atoms with Crippen molar-refractivity contribution in [3.05, 3.63) is 48.0 Å². The molecule has 0 saturated heterocycles. The fourth-order valence-electron chi connectivity index (χ4n) is 1.59. The molecule has 0 aromatic heterocycles. The molecule has 1 amide bonds. The van der Waals surface area contributed by atoms with Crippen LogP contribution in [0.1, 0.15) is 29.9 Å². The predicted octanol–water partition coefficient (Wildman–Crippen LogP) is 2.37. The molecule has 1 aromatic rings. The molecule has 1 aliphatic carbocycles. The first-order valence-corrected chi connectivity index (χ1v) is 5.28. The van der Waals surface area contributed by atoms with Gasteiger partial charge in [0.05, 0.1) is 0 Å². The molecular formula is C13H15NO. The summed E-state index contributed by atoms with van der Waals surface area (Å²) in [6, 6.07) is 8.48. The first-order valence-electron chi connectivity index (χ1n) is 5.28. The smallest absolute Gasteiger partial charge is 0.243 e. The van der Waals surface area contributed by atoms with Crippen LogP contribution in [0.25, 0.3) is 0 Å². The minimum atomic E-state index is -0.124. The standard InChI is InChI=1S/C13H15NO/c1-2-13(15)14-9-10-3-5-11(6-4-10)12-7-8-12/h2-6,12H,1,7-9H2,(H,14,15). The van der Waals surface area contributed by atoms with Crippen molar-refractivity contribution in [1.82, 2.24) is 5.32 Å². The van der Waals surface area contributed by atoms with Crippen LogP contribution in [0.5, 0.6) is 0 Å². The number of nitrogens with one attached hydrogen (secondary N) is 1. The van der Waals surface area contributed by atoms with Crippen LogP contribution in [-0.2, 0) is 11.3 Å². The van der Waals surface area contributed by atoms with Gasteiger partial charge in [-0.25, -0.2) is 0 Å². The molecule has 1 aromatic carbocycles. The molecule has 0 bridgehead atoms. The molecule has 2 nitrogen and oxygen atoms in total. The van der Waals surface area contributed by atoms with Crippen molar-refractivity contribution >= 4 is 5.91 Å². The molecule has 78 valence electrons. The van der Waals surface area contributed by atoms with Crippen molar-refractivity contribution < 1.29 is 4.79 Å². The zero-order chi connectivity index (χ0) is 10.7. The SMILES string of the molecule is C=CC(=O)NCc1ccc(C2CC2)cc1. The molecule has 0 atom stereocenters. The Kier molecular flexibility index (Phi) is 2.86. The average Bonchev–Trinajstić information content (AvgIpc) is 3.10. The van der Waals surface area contributed by atoms with E-state index in [1.165, 1.54) is 24.5 Å². The van der Waals surface area contributed by atoms with Gasteiger partial charge in [-0.3, -0.25) is 4.79 Å². The van der Waals surface area contributed by atoms with E-state index in [-0.39, 0.29) is 5.91 Å². The molecular weight excluding hydrogens is 186 g/mol. The van der Waals surface area contributed by atoms with Crippen molar-refractivity contribution in [2.45, 2.75) is 25.3 Å². The molecule has 0 spiro atoms. The van der Waals surface area contributed by atoms with Gasteiger partial charge in [0, 0.05) is 6.54 Å². The number of carbonyl (C=O) groups is 1. The summed E-state index contributed by atoms with van der Waals surface area (Å²) in [5, 5.41) is 2.76. The third-order valence-corrected chi connectivity index (χ3v) is 2.68. The number of hydrogen-bond acceptors (Lipinski definition) is 1. The molecule has 1 fully saturated rings. The van der Waals surface area contributed by atoms with Crippen molar-refractivity contribution in [1.29, 1.82) is 0 Å². The molecule has 1 saturated carbocycles. The Morgan fingerprint density at radius 2 is 2.07 bits per heavy atom. The number of rotatable bonds is 4. The van der Waals surface area contributed by atoms with E-state index in [1.807, 2.05) is 0 Å².